The molecule has 1 N–H and O–H groups in total. The van der Waals surface area contributed by atoms with Gasteiger partial charge in [-0.3, -0.25) is 4.79 Å². The van der Waals surface area contributed by atoms with Crippen molar-refractivity contribution in [2.24, 2.45) is 0 Å². The molecule has 0 bridgehead atoms. The SMILES string of the molecule is CC(C)Nc1cccn([C@H]2CCN(C)C[C@@H]2F)c1=O. The molecule has 0 amide bonds. The molecule has 5 heteroatoms. The summed E-state index contributed by atoms with van der Waals surface area (Å²) in [6.07, 6.45) is 1.37. The van der Waals surface area contributed by atoms with Crippen molar-refractivity contribution >= 4 is 5.69 Å². The van der Waals surface area contributed by atoms with E-state index >= 15 is 0 Å². The molecular weight excluding hydrogens is 245 g/mol. The maximum atomic E-state index is 14.1. The number of nitrogens with zero attached hydrogens (tertiary/aromatic N) is 2. The average molecular weight is 267 g/mol. The Bertz CT molecular complexity index is 486. The van der Waals surface area contributed by atoms with Gasteiger partial charge in [-0.15, -0.1) is 0 Å². The predicted octanol–water partition coefficient (Wildman–Crippen LogP) is 1.88. The molecule has 0 spiro atoms. The Hall–Kier alpha value is -1.36. The maximum absolute atomic E-state index is 14.1. The van der Waals surface area contributed by atoms with Gasteiger partial charge in [0.25, 0.3) is 5.56 Å². The number of anilines is 1. The fraction of sp³-hybridized carbons (Fsp3) is 0.643. The van der Waals surface area contributed by atoms with Gasteiger partial charge in [0.2, 0.25) is 0 Å². The van der Waals surface area contributed by atoms with Crippen LogP contribution < -0.4 is 10.9 Å². The molecule has 1 saturated heterocycles. The molecule has 0 saturated carbocycles. The first-order chi connectivity index (χ1) is 8.99. The Kier molecular flexibility index (Phi) is 4.24. The zero-order valence-corrected chi connectivity index (χ0v) is 11.8. The first-order valence-electron chi connectivity index (χ1n) is 6.79. The molecule has 1 fully saturated rings. The largest absolute Gasteiger partial charge is 0.378 e. The Morgan fingerprint density at radius 2 is 2.21 bits per heavy atom. The highest BCUT2D eigenvalue weighted by molar-refractivity contribution is 5.41. The molecule has 1 aromatic rings. The lowest BCUT2D eigenvalue weighted by Crippen LogP contribution is -2.43. The van der Waals surface area contributed by atoms with Crippen LogP contribution in [-0.4, -0.2) is 41.8 Å². The minimum atomic E-state index is -0.995. The van der Waals surface area contributed by atoms with E-state index in [0.717, 1.165) is 6.54 Å². The molecule has 2 atom stereocenters. The molecule has 2 rings (SSSR count). The summed E-state index contributed by atoms with van der Waals surface area (Å²) in [5, 5.41) is 3.11. The molecule has 1 aliphatic heterocycles. The number of likely N-dealkylation sites (tertiary alicyclic amines) is 1. The minimum absolute atomic E-state index is 0.131. The lowest BCUT2D eigenvalue weighted by atomic mass is 10.0. The summed E-state index contributed by atoms with van der Waals surface area (Å²) in [4.78, 5) is 14.3. The van der Waals surface area contributed by atoms with E-state index in [2.05, 4.69) is 5.32 Å². The molecule has 19 heavy (non-hydrogen) atoms. The third kappa shape index (κ3) is 3.15. The first-order valence-corrected chi connectivity index (χ1v) is 6.79. The molecular formula is C14H22FN3O. The average Bonchev–Trinajstić information content (AvgIpc) is 2.32. The highest BCUT2D eigenvalue weighted by Crippen LogP contribution is 2.23. The molecule has 0 aliphatic carbocycles. The van der Waals surface area contributed by atoms with Gasteiger partial charge in [0.05, 0.1) is 6.04 Å². The minimum Gasteiger partial charge on any atom is -0.378 e. The molecule has 4 nitrogen and oxygen atoms in total. The molecule has 1 aromatic heterocycles. The van der Waals surface area contributed by atoms with Crippen molar-refractivity contribution in [1.29, 1.82) is 0 Å². The number of alkyl halides is 1. The smallest absolute Gasteiger partial charge is 0.274 e. The molecule has 0 aromatic carbocycles. The molecule has 1 aliphatic rings. The van der Waals surface area contributed by atoms with Gasteiger partial charge in [-0.25, -0.2) is 4.39 Å². The number of pyridine rings is 1. The lowest BCUT2D eigenvalue weighted by molar-refractivity contribution is 0.105. The monoisotopic (exact) mass is 267 g/mol. The first kappa shape index (κ1) is 14.1. The van der Waals surface area contributed by atoms with Crippen LogP contribution in [0.5, 0.6) is 0 Å². The summed E-state index contributed by atoms with van der Waals surface area (Å²) in [5.41, 5.74) is 0.414. The number of hydrogen-bond donors (Lipinski definition) is 1. The lowest BCUT2D eigenvalue weighted by Gasteiger charge is -2.33. The van der Waals surface area contributed by atoms with Gasteiger partial charge in [0, 0.05) is 25.3 Å². The van der Waals surface area contributed by atoms with Crippen molar-refractivity contribution in [2.75, 3.05) is 25.5 Å². The van der Waals surface area contributed by atoms with Crippen LogP contribution in [0.4, 0.5) is 10.1 Å². The van der Waals surface area contributed by atoms with Gasteiger partial charge in [0.15, 0.2) is 0 Å². The van der Waals surface area contributed by atoms with E-state index in [0.29, 0.717) is 18.7 Å². The molecule has 2 heterocycles. The van der Waals surface area contributed by atoms with Gasteiger partial charge in [-0.2, -0.15) is 0 Å². The number of hydrogen-bond acceptors (Lipinski definition) is 3. The van der Waals surface area contributed by atoms with Gasteiger partial charge >= 0.3 is 0 Å². The topological polar surface area (TPSA) is 37.3 Å². The fourth-order valence-electron chi connectivity index (χ4n) is 2.55. The third-order valence-electron chi connectivity index (χ3n) is 3.49. The third-order valence-corrected chi connectivity index (χ3v) is 3.49. The van der Waals surface area contributed by atoms with Crippen molar-refractivity contribution in [2.45, 2.75) is 38.5 Å². The molecule has 106 valence electrons. The number of piperidine rings is 1. The summed E-state index contributed by atoms with van der Waals surface area (Å²) in [6, 6.07) is 3.39. The van der Waals surface area contributed by atoms with E-state index in [1.165, 1.54) is 0 Å². The zero-order valence-electron chi connectivity index (χ0n) is 11.8. The second-order valence-electron chi connectivity index (χ2n) is 5.57. The van der Waals surface area contributed by atoms with Crippen LogP contribution in [0.3, 0.4) is 0 Å². The van der Waals surface area contributed by atoms with E-state index < -0.39 is 6.17 Å². The van der Waals surface area contributed by atoms with Crippen LogP contribution in [0.15, 0.2) is 23.1 Å². The summed E-state index contributed by atoms with van der Waals surface area (Å²) in [7, 11) is 1.91. The van der Waals surface area contributed by atoms with Crippen LogP contribution >= 0.6 is 0 Å². The van der Waals surface area contributed by atoms with Crippen LogP contribution in [0.1, 0.15) is 26.3 Å². The summed E-state index contributed by atoms with van der Waals surface area (Å²) in [6.45, 7) is 5.16. The van der Waals surface area contributed by atoms with Crippen LogP contribution in [0, 0.1) is 0 Å². The Morgan fingerprint density at radius 3 is 2.84 bits per heavy atom. The second-order valence-corrected chi connectivity index (χ2v) is 5.57. The number of nitrogens with one attached hydrogen (secondary N) is 1. The van der Waals surface area contributed by atoms with Crippen molar-refractivity contribution in [3.63, 3.8) is 0 Å². The van der Waals surface area contributed by atoms with E-state index in [-0.39, 0.29) is 17.6 Å². The van der Waals surface area contributed by atoms with Crippen molar-refractivity contribution in [1.82, 2.24) is 9.47 Å². The van der Waals surface area contributed by atoms with Gasteiger partial charge in [0.1, 0.15) is 11.9 Å². The second kappa shape index (κ2) is 5.74. The van der Waals surface area contributed by atoms with Crippen molar-refractivity contribution < 1.29 is 4.39 Å². The maximum Gasteiger partial charge on any atom is 0.274 e. The summed E-state index contributed by atoms with van der Waals surface area (Å²) in [5.74, 6) is 0. The van der Waals surface area contributed by atoms with Gasteiger partial charge < -0.3 is 14.8 Å². The Labute approximate surface area is 113 Å². The van der Waals surface area contributed by atoms with Crippen molar-refractivity contribution in [3.8, 4) is 0 Å². The van der Waals surface area contributed by atoms with Crippen LogP contribution in [0.2, 0.25) is 0 Å². The molecule has 0 unspecified atom stereocenters. The predicted molar refractivity (Wildman–Crippen MR) is 75.5 cm³/mol. The Morgan fingerprint density at radius 1 is 1.47 bits per heavy atom. The van der Waals surface area contributed by atoms with E-state index in [9.17, 15) is 9.18 Å². The number of halogens is 1. The number of aromatic nitrogens is 1. The quantitative estimate of drug-likeness (QED) is 0.908. The zero-order chi connectivity index (χ0) is 14.0. The highest BCUT2D eigenvalue weighted by atomic mass is 19.1. The van der Waals surface area contributed by atoms with Crippen LogP contribution in [-0.2, 0) is 0 Å². The standard InChI is InChI=1S/C14H22FN3O/c1-10(2)16-12-5-4-7-18(14(12)19)13-6-8-17(3)9-11(13)15/h4-5,7,10-11,13,16H,6,8-9H2,1-3H3/t11-,13-/m0/s1. The van der Waals surface area contributed by atoms with E-state index in [4.69, 9.17) is 0 Å². The van der Waals surface area contributed by atoms with E-state index in [1.54, 1.807) is 22.9 Å². The highest BCUT2D eigenvalue weighted by Gasteiger charge is 2.29. The van der Waals surface area contributed by atoms with Gasteiger partial charge in [-0.05, 0) is 39.4 Å². The van der Waals surface area contributed by atoms with Crippen LogP contribution in [0.25, 0.3) is 0 Å². The number of rotatable bonds is 3. The summed E-state index contributed by atoms with van der Waals surface area (Å²) >= 11 is 0. The normalized spacial score (nSPS) is 24.7. The van der Waals surface area contributed by atoms with Gasteiger partial charge in [-0.1, -0.05) is 0 Å². The summed E-state index contributed by atoms with van der Waals surface area (Å²) < 4.78 is 15.7. The molecule has 0 radical (unpaired) electrons. The Balaban J connectivity index is 2.27. The fourth-order valence-corrected chi connectivity index (χ4v) is 2.55. The van der Waals surface area contributed by atoms with E-state index in [1.807, 2.05) is 25.8 Å². The van der Waals surface area contributed by atoms with Crippen molar-refractivity contribution in [3.05, 3.63) is 28.7 Å².